The number of hydrogen-bond donors (Lipinski definition) is 1. The molecule has 0 saturated carbocycles. The summed E-state index contributed by atoms with van der Waals surface area (Å²) < 4.78 is 7.51. The van der Waals surface area contributed by atoms with Crippen LogP contribution < -0.4 is 5.32 Å². The first-order valence-corrected chi connectivity index (χ1v) is 9.59. The molecule has 3 aromatic rings. The molecule has 142 valence electrons. The summed E-state index contributed by atoms with van der Waals surface area (Å²) in [6.07, 6.45) is 0.791. The highest BCUT2D eigenvalue weighted by molar-refractivity contribution is 5.94. The first-order valence-electron chi connectivity index (χ1n) is 9.59. The Morgan fingerprint density at radius 1 is 1.14 bits per heavy atom. The molecule has 28 heavy (non-hydrogen) atoms. The molecule has 0 bridgehead atoms. The number of amides is 1. The van der Waals surface area contributed by atoms with Crippen molar-refractivity contribution in [2.45, 2.75) is 24.8 Å². The highest BCUT2D eigenvalue weighted by atomic mass is 16.5. The van der Waals surface area contributed by atoms with Crippen molar-refractivity contribution in [3.8, 4) is 0 Å². The van der Waals surface area contributed by atoms with E-state index in [9.17, 15) is 9.59 Å². The molecule has 3 atom stereocenters. The summed E-state index contributed by atoms with van der Waals surface area (Å²) in [5.41, 5.74) is 3.47. The summed E-state index contributed by atoms with van der Waals surface area (Å²) in [7, 11) is 3.48. The van der Waals surface area contributed by atoms with Gasteiger partial charge in [0.05, 0.1) is 13.2 Å². The topological polar surface area (TPSA) is 60.3 Å². The minimum Gasteiger partial charge on any atom is -0.468 e. The Morgan fingerprint density at radius 2 is 1.86 bits per heavy atom. The van der Waals surface area contributed by atoms with Gasteiger partial charge < -0.3 is 14.6 Å². The summed E-state index contributed by atoms with van der Waals surface area (Å²) in [5.74, 6) is -0.456. The van der Waals surface area contributed by atoms with E-state index in [0.717, 1.165) is 27.7 Å². The molecule has 1 N–H and O–H groups in total. The summed E-state index contributed by atoms with van der Waals surface area (Å²) in [4.78, 5) is 25.7. The van der Waals surface area contributed by atoms with Crippen LogP contribution in [0.3, 0.4) is 0 Å². The van der Waals surface area contributed by atoms with Crippen LogP contribution in [-0.4, -0.2) is 23.6 Å². The Balaban J connectivity index is 1.88. The Bertz CT molecular complexity index is 1100. The van der Waals surface area contributed by atoms with Gasteiger partial charge in [-0.25, -0.2) is 0 Å². The number of esters is 1. The number of nitrogens with one attached hydrogen (secondary N) is 1. The molecule has 5 heteroatoms. The number of fused-ring (bicyclic) bond motifs is 5. The Morgan fingerprint density at radius 3 is 2.61 bits per heavy atom. The number of nitrogens with zero attached hydrogens (tertiary/aromatic N) is 1. The number of aromatic nitrogens is 1. The summed E-state index contributed by atoms with van der Waals surface area (Å²) >= 11 is 0. The standard InChI is InChI=1S/C23H22N2O3/c1-25-16-11-7-6-10-15(16)18-20(25)19(14-8-4-3-5-9-14)23(22(27)28-2)13-12-17(26)24-21(18)23/h3-11,19,21H,12-13H2,1-2H3,(H,24,26)/t19-,21-,23-/m1/s1. The Kier molecular flexibility index (Phi) is 3.63. The predicted molar refractivity (Wildman–Crippen MR) is 106 cm³/mol. The normalized spacial score (nSPS) is 25.9. The molecule has 2 aromatic carbocycles. The summed E-state index contributed by atoms with van der Waals surface area (Å²) in [5, 5.41) is 4.23. The van der Waals surface area contributed by atoms with Crippen LogP contribution in [0.5, 0.6) is 0 Å². The SMILES string of the molecule is COC(=O)[C@@]12CCC(=O)N[C@@H]1c1c(n(C)c3ccccc13)[C@H]2c1ccccc1. The van der Waals surface area contributed by atoms with E-state index in [1.165, 1.54) is 7.11 Å². The smallest absolute Gasteiger partial charge is 0.315 e. The maximum absolute atomic E-state index is 13.3. The van der Waals surface area contributed by atoms with Crippen LogP contribution in [0.2, 0.25) is 0 Å². The molecule has 1 amide bonds. The second-order valence-corrected chi connectivity index (χ2v) is 7.75. The van der Waals surface area contributed by atoms with E-state index in [0.29, 0.717) is 12.8 Å². The lowest BCUT2D eigenvalue weighted by Crippen LogP contribution is -2.51. The van der Waals surface area contributed by atoms with Crippen LogP contribution >= 0.6 is 0 Å². The van der Waals surface area contributed by atoms with E-state index in [-0.39, 0.29) is 17.8 Å². The fourth-order valence-corrected chi connectivity index (χ4v) is 5.43. The number of benzene rings is 2. The molecule has 1 aromatic heterocycles. The molecule has 0 spiro atoms. The molecule has 0 radical (unpaired) electrons. The van der Waals surface area contributed by atoms with Crippen molar-refractivity contribution in [3.63, 3.8) is 0 Å². The van der Waals surface area contributed by atoms with Crippen molar-refractivity contribution < 1.29 is 14.3 Å². The summed E-state index contributed by atoms with van der Waals surface area (Å²) in [6, 6.07) is 17.9. The fourth-order valence-electron chi connectivity index (χ4n) is 5.43. The van der Waals surface area contributed by atoms with Crippen molar-refractivity contribution in [2.75, 3.05) is 7.11 Å². The van der Waals surface area contributed by atoms with E-state index < -0.39 is 11.5 Å². The van der Waals surface area contributed by atoms with Crippen molar-refractivity contribution in [2.24, 2.45) is 12.5 Å². The monoisotopic (exact) mass is 374 g/mol. The van der Waals surface area contributed by atoms with E-state index in [1.54, 1.807) is 0 Å². The van der Waals surface area contributed by atoms with Crippen LogP contribution in [0.25, 0.3) is 10.9 Å². The van der Waals surface area contributed by atoms with E-state index >= 15 is 0 Å². The first kappa shape index (κ1) is 17.0. The number of carbonyl (C=O) groups is 2. The van der Waals surface area contributed by atoms with Crippen LogP contribution in [0, 0.1) is 5.41 Å². The average molecular weight is 374 g/mol. The fraction of sp³-hybridized carbons (Fsp3) is 0.304. The molecule has 1 fully saturated rings. The molecule has 1 aliphatic heterocycles. The van der Waals surface area contributed by atoms with Gasteiger partial charge in [0, 0.05) is 41.5 Å². The second-order valence-electron chi connectivity index (χ2n) is 7.75. The van der Waals surface area contributed by atoms with Gasteiger partial charge in [0.2, 0.25) is 5.91 Å². The molecular formula is C23H22N2O3. The Hall–Kier alpha value is -3.08. The number of piperidine rings is 1. The lowest BCUT2D eigenvalue weighted by Gasteiger charge is -2.41. The number of aryl methyl sites for hydroxylation is 1. The van der Waals surface area contributed by atoms with Gasteiger partial charge in [-0.05, 0) is 18.1 Å². The van der Waals surface area contributed by atoms with Crippen LogP contribution in [-0.2, 0) is 21.4 Å². The largest absolute Gasteiger partial charge is 0.468 e. The molecule has 0 unspecified atom stereocenters. The van der Waals surface area contributed by atoms with Crippen molar-refractivity contribution in [1.82, 2.24) is 9.88 Å². The van der Waals surface area contributed by atoms with Gasteiger partial charge in [-0.1, -0.05) is 48.5 Å². The lowest BCUT2D eigenvalue weighted by atomic mass is 9.66. The minimum atomic E-state index is -0.837. The van der Waals surface area contributed by atoms with Crippen molar-refractivity contribution >= 4 is 22.8 Å². The molecule has 2 aliphatic rings. The maximum Gasteiger partial charge on any atom is 0.315 e. The van der Waals surface area contributed by atoms with Crippen molar-refractivity contribution in [1.29, 1.82) is 0 Å². The van der Waals surface area contributed by atoms with Gasteiger partial charge in [-0.3, -0.25) is 9.59 Å². The zero-order valence-electron chi connectivity index (χ0n) is 15.9. The number of carbonyl (C=O) groups excluding carboxylic acids is 2. The van der Waals surface area contributed by atoms with Gasteiger partial charge in [0.25, 0.3) is 0 Å². The zero-order chi connectivity index (χ0) is 19.5. The van der Waals surface area contributed by atoms with Gasteiger partial charge in [0.15, 0.2) is 0 Å². The van der Waals surface area contributed by atoms with E-state index in [4.69, 9.17) is 4.74 Å². The van der Waals surface area contributed by atoms with E-state index in [1.807, 2.05) is 37.4 Å². The maximum atomic E-state index is 13.3. The van der Waals surface area contributed by atoms with Gasteiger partial charge in [-0.2, -0.15) is 0 Å². The number of rotatable bonds is 2. The highest BCUT2D eigenvalue weighted by Gasteiger charge is 2.63. The van der Waals surface area contributed by atoms with Gasteiger partial charge >= 0.3 is 5.97 Å². The lowest BCUT2D eigenvalue weighted by molar-refractivity contribution is -0.158. The third kappa shape index (κ3) is 2.02. The second kappa shape index (κ2) is 5.96. The molecule has 5 nitrogen and oxygen atoms in total. The third-order valence-corrected chi connectivity index (χ3v) is 6.55. The molecule has 2 heterocycles. The molecular weight excluding hydrogens is 352 g/mol. The zero-order valence-corrected chi connectivity index (χ0v) is 15.9. The number of hydrogen-bond acceptors (Lipinski definition) is 3. The minimum absolute atomic E-state index is 0.0166. The Labute approximate surface area is 163 Å². The van der Waals surface area contributed by atoms with Crippen LogP contribution in [0.15, 0.2) is 54.6 Å². The van der Waals surface area contributed by atoms with Crippen molar-refractivity contribution in [3.05, 3.63) is 71.4 Å². The van der Waals surface area contributed by atoms with Gasteiger partial charge in [0.1, 0.15) is 5.41 Å². The molecule has 1 saturated heterocycles. The quantitative estimate of drug-likeness (QED) is 0.699. The third-order valence-electron chi connectivity index (χ3n) is 6.55. The van der Waals surface area contributed by atoms with E-state index in [2.05, 4.69) is 34.1 Å². The number of ether oxygens (including phenoxy) is 1. The average Bonchev–Trinajstić information content (AvgIpc) is 3.19. The van der Waals surface area contributed by atoms with Crippen LogP contribution in [0.1, 0.15) is 41.6 Å². The predicted octanol–water partition coefficient (Wildman–Crippen LogP) is 3.43. The first-order chi connectivity index (χ1) is 13.6. The number of para-hydroxylation sites is 1. The molecule has 1 aliphatic carbocycles. The molecule has 5 rings (SSSR count). The summed E-state index contributed by atoms with van der Waals surface area (Å²) in [6.45, 7) is 0. The van der Waals surface area contributed by atoms with Gasteiger partial charge in [-0.15, -0.1) is 0 Å². The highest BCUT2D eigenvalue weighted by Crippen LogP contribution is 2.62. The number of methoxy groups -OCH3 is 1. The van der Waals surface area contributed by atoms with Crippen LogP contribution in [0.4, 0.5) is 0 Å².